The fourth-order valence-corrected chi connectivity index (χ4v) is 2.89. The normalized spacial score (nSPS) is 11.7. The summed E-state index contributed by atoms with van der Waals surface area (Å²) in [6.45, 7) is 1.04. The van der Waals surface area contributed by atoms with Gasteiger partial charge in [0.25, 0.3) is 0 Å². The quantitative estimate of drug-likeness (QED) is 0.624. The van der Waals surface area contributed by atoms with Crippen LogP contribution in [-0.2, 0) is 16.6 Å². The lowest BCUT2D eigenvalue weighted by Crippen LogP contribution is -2.25. The summed E-state index contributed by atoms with van der Waals surface area (Å²) in [5.74, 6) is 0. The highest BCUT2D eigenvalue weighted by Gasteiger charge is 2.14. The molecule has 0 aliphatic carbocycles. The smallest absolute Gasteiger partial charge is 0.240 e. The molecule has 20 heavy (non-hydrogen) atoms. The molecule has 0 bridgehead atoms. The predicted octanol–water partition coefficient (Wildman–Crippen LogP) is 1.49. The highest BCUT2D eigenvalue weighted by Crippen LogP contribution is 2.21. The van der Waals surface area contributed by atoms with Crippen LogP contribution in [0.4, 0.5) is 5.69 Å². The van der Waals surface area contributed by atoms with Crippen LogP contribution in [0.1, 0.15) is 6.42 Å². The van der Waals surface area contributed by atoms with E-state index >= 15 is 0 Å². The molecule has 2 rings (SSSR count). The molecule has 108 valence electrons. The first-order valence-corrected chi connectivity index (χ1v) is 7.85. The molecule has 0 radical (unpaired) electrons. The molecule has 1 heterocycles. The van der Waals surface area contributed by atoms with Gasteiger partial charge in [-0.1, -0.05) is 11.6 Å². The molecule has 0 aliphatic rings. The SMILES string of the molecule is Nc1cc(S(=O)(=O)NCCCn2ccnc2)ccc1Cl. The summed E-state index contributed by atoms with van der Waals surface area (Å²) in [6.07, 6.45) is 5.86. The summed E-state index contributed by atoms with van der Waals surface area (Å²) >= 11 is 5.77. The van der Waals surface area contributed by atoms with Crippen LogP contribution in [-0.4, -0.2) is 24.5 Å². The highest BCUT2D eigenvalue weighted by molar-refractivity contribution is 7.89. The topological polar surface area (TPSA) is 90.0 Å². The molecule has 1 aromatic carbocycles. The second-order valence-electron chi connectivity index (χ2n) is 4.24. The molecular weight excluding hydrogens is 300 g/mol. The Balaban J connectivity index is 1.92. The standard InChI is InChI=1S/C12H15ClN4O2S/c13-11-3-2-10(8-12(11)14)20(18,19)16-4-1-6-17-7-5-15-9-17/h2-3,5,7-9,16H,1,4,6,14H2. The molecule has 2 aromatic rings. The monoisotopic (exact) mass is 314 g/mol. The summed E-state index contributed by atoms with van der Waals surface area (Å²) in [7, 11) is -3.55. The first kappa shape index (κ1) is 14.8. The van der Waals surface area contributed by atoms with Crippen LogP contribution in [0.15, 0.2) is 41.8 Å². The highest BCUT2D eigenvalue weighted by atomic mass is 35.5. The molecule has 0 amide bonds. The van der Waals surface area contributed by atoms with Gasteiger partial charge in [0.1, 0.15) is 0 Å². The summed E-state index contributed by atoms with van der Waals surface area (Å²) < 4.78 is 28.5. The zero-order chi connectivity index (χ0) is 14.6. The van der Waals surface area contributed by atoms with Crippen molar-refractivity contribution in [2.24, 2.45) is 0 Å². The molecular formula is C12H15ClN4O2S. The molecule has 0 fully saturated rings. The third-order valence-electron chi connectivity index (χ3n) is 2.72. The first-order chi connectivity index (χ1) is 9.49. The average molecular weight is 315 g/mol. The number of rotatable bonds is 6. The van der Waals surface area contributed by atoms with Gasteiger partial charge in [-0.05, 0) is 24.6 Å². The van der Waals surface area contributed by atoms with E-state index in [2.05, 4.69) is 9.71 Å². The molecule has 1 aromatic heterocycles. The van der Waals surface area contributed by atoms with Gasteiger partial charge in [0, 0.05) is 25.5 Å². The number of benzene rings is 1. The van der Waals surface area contributed by atoms with Crippen LogP contribution < -0.4 is 10.5 Å². The number of sulfonamides is 1. The van der Waals surface area contributed by atoms with Crippen molar-refractivity contribution in [3.8, 4) is 0 Å². The van der Waals surface area contributed by atoms with E-state index in [0.29, 0.717) is 24.5 Å². The maximum Gasteiger partial charge on any atom is 0.240 e. The van der Waals surface area contributed by atoms with E-state index in [1.54, 1.807) is 12.5 Å². The molecule has 3 N–H and O–H groups in total. The van der Waals surface area contributed by atoms with Gasteiger partial charge in [0.05, 0.1) is 21.9 Å². The van der Waals surface area contributed by atoms with Crippen molar-refractivity contribution in [2.45, 2.75) is 17.9 Å². The van der Waals surface area contributed by atoms with Crippen molar-refractivity contribution in [1.82, 2.24) is 14.3 Å². The van der Waals surface area contributed by atoms with E-state index in [4.69, 9.17) is 17.3 Å². The van der Waals surface area contributed by atoms with Gasteiger partial charge in [-0.15, -0.1) is 0 Å². The van der Waals surface area contributed by atoms with Gasteiger partial charge in [-0.2, -0.15) is 0 Å². The van der Waals surface area contributed by atoms with Crippen molar-refractivity contribution < 1.29 is 8.42 Å². The number of hydrogen-bond donors (Lipinski definition) is 2. The Morgan fingerprint density at radius 2 is 2.20 bits per heavy atom. The first-order valence-electron chi connectivity index (χ1n) is 5.99. The van der Waals surface area contributed by atoms with Crippen LogP contribution >= 0.6 is 11.6 Å². The Hall–Kier alpha value is -1.57. The fraction of sp³-hybridized carbons (Fsp3) is 0.250. The number of anilines is 1. The van der Waals surface area contributed by atoms with Gasteiger partial charge in [-0.3, -0.25) is 0 Å². The van der Waals surface area contributed by atoms with Crippen molar-refractivity contribution >= 4 is 27.3 Å². The lowest BCUT2D eigenvalue weighted by Gasteiger charge is -2.08. The minimum Gasteiger partial charge on any atom is -0.397 e. The Bertz CT molecular complexity index is 671. The van der Waals surface area contributed by atoms with Crippen LogP contribution in [0, 0.1) is 0 Å². The molecule has 0 unspecified atom stereocenters. The van der Waals surface area contributed by atoms with Gasteiger partial charge >= 0.3 is 0 Å². The molecule has 6 nitrogen and oxygen atoms in total. The molecule has 0 aliphatic heterocycles. The molecule has 0 saturated carbocycles. The lowest BCUT2D eigenvalue weighted by molar-refractivity contribution is 0.570. The van der Waals surface area contributed by atoms with Gasteiger partial charge < -0.3 is 10.3 Å². The number of hydrogen-bond acceptors (Lipinski definition) is 4. The zero-order valence-electron chi connectivity index (χ0n) is 10.7. The number of nitrogens with two attached hydrogens (primary N) is 1. The number of nitrogens with one attached hydrogen (secondary N) is 1. The number of aromatic nitrogens is 2. The maximum atomic E-state index is 12.0. The molecule has 0 atom stereocenters. The maximum absolute atomic E-state index is 12.0. The Morgan fingerprint density at radius 1 is 1.40 bits per heavy atom. The zero-order valence-corrected chi connectivity index (χ0v) is 12.2. The summed E-state index contributed by atoms with van der Waals surface area (Å²) in [5, 5.41) is 0.337. The predicted molar refractivity (Wildman–Crippen MR) is 77.9 cm³/mol. The largest absolute Gasteiger partial charge is 0.397 e. The second-order valence-corrected chi connectivity index (χ2v) is 6.41. The summed E-state index contributed by atoms with van der Waals surface area (Å²) in [5.41, 5.74) is 5.85. The Kier molecular flexibility index (Phi) is 4.64. The van der Waals surface area contributed by atoms with E-state index in [1.807, 2.05) is 10.8 Å². The Morgan fingerprint density at radius 3 is 2.85 bits per heavy atom. The number of aryl methyl sites for hydroxylation is 1. The van der Waals surface area contributed by atoms with Crippen LogP contribution in [0.5, 0.6) is 0 Å². The van der Waals surface area contributed by atoms with E-state index in [9.17, 15) is 8.42 Å². The molecule has 0 spiro atoms. The van der Waals surface area contributed by atoms with Crippen molar-refractivity contribution in [3.63, 3.8) is 0 Å². The third-order valence-corrected chi connectivity index (χ3v) is 4.53. The number of halogens is 1. The van der Waals surface area contributed by atoms with E-state index in [1.165, 1.54) is 18.2 Å². The van der Waals surface area contributed by atoms with Crippen LogP contribution in [0.25, 0.3) is 0 Å². The van der Waals surface area contributed by atoms with Crippen LogP contribution in [0.3, 0.4) is 0 Å². The number of nitrogen functional groups attached to an aromatic ring is 1. The van der Waals surface area contributed by atoms with E-state index in [0.717, 1.165) is 0 Å². The molecule has 8 heteroatoms. The number of nitrogens with zero attached hydrogens (tertiary/aromatic N) is 2. The number of imidazole rings is 1. The Labute approximate surface area is 122 Å². The van der Waals surface area contributed by atoms with Gasteiger partial charge in [0.2, 0.25) is 10.0 Å². The van der Waals surface area contributed by atoms with Crippen molar-refractivity contribution in [2.75, 3.05) is 12.3 Å². The van der Waals surface area contributed by atoms with Gasteiger partial charge in [-0.25, -0.2) is 18.1 Å². The van der Waals surface area contributed by atoms with Gasteiger partial charge in [0.15, 0.2) is 0 Å². The minimum atomic E-state index is -3.55. The van der Waals surface area contributed by atoms with Crippen LogP contribution in [0.2, 0.25) is 5.02 Å². The molecule has 0 saturated heterocycles. The van der Waals surface area contributed by atoms with E-state index < -0.39 is 10.0 Å². The van der Waals surface area contributed by atoms with E-state index in [-0.39, 0.29) is 10.6 Å². The third kappa shape index (κ3) is 3.72. The summed E-state index contributed by atoms with van der Waals surface area (Å²) in [4.78, 5) is 4.03. The fourth-order valence-electron chi connectivity index (χ4n) is 1.66. The minimum absolute atomic E-state index is 0.113. The summed E-state index contributed by atoms with van der Waals surface area (Å²) in [6, 6.07) is 4.24. The lowest BCUT2D eigenvalue weighted by atomic mass is 10.3. The van der Waals surface area contributed by atoms with Crippen molar-refractivity contribution in [3.05, 3.63) is 41.9 Å². The average Bonchev–Trinajstić information content (AvgIpc) is 2.91. The second kappa shape index (κ2) is 6.25. The van der Waals surface area contributed by atoms with Crippen molar-refractivity contribution in [1.29, 1.82) is 0 Å².